The molecule has 4 aromatic heterocycles. The molecule has 1 aliphatic heterocycles. The SMILES string of the molecule is CC(=O)N1CCC(n2cc(-c3cnc(N)c4oc(-c5cccc(CC=N)n5)cc34)cn2)CC1. The Morgan fingerprint density at radius 3 is 2.88 bits per heavy atom. The molecule has 5 rings (SSSR count). The fourth-order valence-electron chi connectivity index (χ4n) is 4.36. The van der Waals surface area contributed by atoms with Gasteiger partial charge in [0, 0.05) is 67.2 Å². The zero-order valence-corrected chi connectivity index (χ0v) is 18.4. The molecule has 168 valence electrons. The van der Waals surface area contributed by atoms with Crippen molar-refractivity contribution in [3.63, 3.8) is 0 Å². The molecule has 0 radical (unpaired) electrons. The van der Waals surface area contributed by atoms with Crippen LogP contribution in [0.4, 0.5) is 5.82 Å². The second-order valence-corrected chi connectivity index (χ2v) is 8.28. The van der Waals surface area contributed by atoms with Crippen molar-refractivity contribution in [3.05, 3.63) is 48.5 Å². The quantitative estimate of drug-likeness (QED) is 0.453. The number of anilines is 1. The number of nitrogens with one attached hydrogen (secondary N) is 1. The predicted octanol–water partition coefficient (Wildman–Crippen LogP) is 3.71. The van der Waals surface area contributed by atoms with Gasteiger partial charge in [0.25, 0.3) is 0 Å². The third-order valence-electron chi connectivity index (χ3n) is 6.15. The van der Waals surface area contributed by atoms with E-state index in [1.807, 2.05) is 46.2 Å². The number of amides is 1. The maximum absolute atomic E-state index is 11.6. The normalized spacial score (nSPS) is 14.6. The summed E-state index contributed by atoms with van der Waals surface area (Å²) in [5, 5.41) is 12.8. The van der Waals surface area contributed by atoms with Crippen LogP contribution in [0.3, 0.4) is 0 Å². The number of furan rings is 1. The highest BCUT2D eigenvalue weighted by molar-refractivity contribution is 5.99. The van der Waals surface area contributed by atoms with Crippen LogP contribution in [0.15, 0.2) is 47.3 Å². The first-order valence-corrected chi connectivity index (χ1v) is 11.0. The molecule has 1 aliphatic rings. The highest BCUT2D eigenvalue weighted by Gasteiger charge is 2.23. The molecule has 5 heterocycles. The number of aromatic nitrogens is 4. The molecule has 3 N–H and O–H groups in total. The molecule has 1 fully saturated rings. The van der Waals surface area contributed by atoms with E-state index in [1.54, 1.807) is 13.1 Å². The molecule has 0 spiro atoms. The summed E-state index contributed by atoms with van der Waals surface area (Å²) < 4.78 is 8.05. The molecule has 1 saturated heterocycles. The van der Waals surface area contributed by atoms with Crippen molar-refractivity contribution in [2.75, 3.05) is 18.8 Å². The van der Waals surface area contributed by atoms with Crippen LogP contribution in [-0.4, -0.2) is 49.9 Å². The van der Waals surface area contributed by atoms with Crippen LogP contribution in [0.1, 0.15) is 31.5 Å². The van der Waals surface area contributed by atoms with Gasteiger partial charge in [-0.05, 0) is 31.0 Å². The molecule has 9 nitrogen and oxygen atoms in total. The van der Waals surface area contributed by atoms with E-state index in [4.69, 9.17) is 15.6 Å². The van der Waals surface area contributed by atoms with Crippen LogP contribution < -0.4 is 5.73 Å². The van der Waals surface area contributed by atoms with Crippen molar-refractivity contribution in [1.82, 2.24) is 24.6 Å². The molecule has 0 bridgehead atoms. The number of piperidine rings is 1. The van der Waals surface area contributed by atoms with E-state index in [9.17, 15) is 4.79 Å². The summed E-state index contributed by atoms with van der Waals surface area (Å²) in [7, 11) is 0. The maximum Gasteiger partial charge on any atom is 0.219 e. The lowest BCUT2D eigenvalue weighted by Crippen LogP contribution is -2.37. The number of fused-ring (bicyclic) bond motifs is 1. The van der Waals surface area contributed by atoms with Gasteiger partial charge in [-0.1, -0.05) is 6.07 Å². The smallest absolute Gasteiger partial charge is 0.219 e. The minimum absolute atomic E-state index is 0.124. The van der Waals surface area contributed by atoms with Crippen LogP contribution in [0, 0.1) is 5.41 Å². The molecule has 33 heavy (non-hydrogen) atoms. The number of hydrogen-bond acceptors (Lipinski definition) is 7. The summed E-state index contributed by atoms with van der Waals surface area (Å²) in [5.41, 5.74) is 9.94. The minimum Gasteiger partial charge on any atom is -0.451 e. The first-order valence-electron chi connectivity index (χ1n) is 11.0. The number of nitrogen functional groups attached to an aromatic ring is 1. The summed E-state index contributed by atoms with van der Waals surface area (Å²) in [6, 6.07) is 7.85. The number of nitrogens with zero attached hydrogens (tertiary/aromatic N) is 5. The Hall–Kier alpha value is -4.01. The third-order valence-corrected chi connectivity index (χ3v) is 6.15. The third kappa shape index (κ3) is 3.97. The highest BCUT2D eigenvalue weighted by atomic mass is 16.3. The summed E-state index contributed by atoms with van der Waals surface area (Å²) in [5.74, 6) is 1.04. The molecule has 0 saturated carbocycles. The largest absolute Gasteiger partial charge is 0.451 e. The average Bonchev–Trinajstić information content (AvgIpc) is 3.49. The first-order chi connectivity index (χ1) is 16.0. The monoisotopic (exact) mass is 443 g/mol. The number of carbonyl (C=O) groups excluding carboxylic acids is 1. The van der Waals surface area contributed by atoms with E-state index in [1.165, 1.54) is 6.21 Å². The summed E-state index contributed by atoms with van der Waals surface area (Å²) in [4.78, 5) is 22.4. The van der Waals surface area contributed by atoms with Gasteiger partial charge in [0.05, 0.1) is 12.2 Å². The molecular weight excluding hydrogens is 418 g/mol. The van der Waals surface area contributed by atoms with E-state index >= 15 is 0 Å². The van der Waals surface area contributed by atoms with Gasteiger partial charge in [-0.25, -0.2) is 9.97 Å². The van der Waals surface area contributed by atoms with E-state index in [0.717, 1.165) is 48.1 Å². The Balaban J connectivity index is 1.47. The highest BCUT2D eigenvalue weighted by Crippen LogP contribution is 2.36. The minimum atomic E-state index is 0.124. The van der Waals surface area contributed by atoms with Crippen LogP contribution in [0.2, 0.25) is 0 Å². The molecule has 0 atom stereocenters. The van der Waals surface area contributed by atoms with Gasteiger partial charge in [0.2, 0.25) is 5.91 Å². The number of likely N-dealkylation sites (tertiary alicyclic amines) is 1. The Morgan fingerprint density at radius 2 is 2.12 bits per heavy atom. The second kappa shape index (κ2) is 8.50. The molecule has 4 aromatic rings. The zero-order valence-electron chi connectivity index (χ0n) is 18.4. The Morgan fingerprint density at radius 1 is 1.30 bits per heavy atom. The Kier molecular flexibility index (Phi) is 5.37. The van der Waals surface area contributed by atoms with E-state index < -0.39 is 0 Å². The first kappa shape index (κ1) is 20.9. The van der Waals surface area contributed by atoms with Crippen molar-refractivity contribution in [3.8, 4) is 22.6 Å². The van der Waals surface area contributed by atoms with Crippen LogP contribution >= 0.6 is 0 Å². The topological polar surface area (TPSA) is 127 Å². The summed E-state index contributed by atoms with van der Waals surface area (Å²) in [6.07, 6.45) is 9.15. The molecule has 0 unspecified atom stereocenters. The van der Waals surface area contributed by atoms with Crippen molar-refractivity contribution in [2.24, 2.45) is 0 Å². The number of pyridine rings is 2. The van der Waals surface area contributed by atoms with Gasteiger partial charge in [0.1, 0.15) is 5.69 Å². The maximum atomic E-state index is 11.6. The van der Waals surface area contributed by atoms with Crippen LogP contribution in [0.5, 0.6) is 0 Å². The van der Waals surface area contributed by atoms with E-state index in [-0.39, 0.29) is 11.9 Å². The van der Waals surface area contributed by atoms with Gasteiger partial charge in [-0.15, -0.1) is 0 Å². The lowest BCUT2D eigenvalue weighted by atomic mass is 10.0. The standard InChI is InChI=1S/C24H25N7O2/c1-15(32)30-9-6-18(7-10-30)31-14-16(12-28-31)20-13-27-24(26)23-19(20)11-22(33-23)21-4-2-3-17(29-21)5-8-25/h2-4,8,11-14,18,25H,5-7,9-10H2,1H3,(H2,26,27). The van der Waals surface area contributed by atoms with Crippen molar-refractivity contribution in [2.45, 2.75) is 32.2 Å². The molecule has 0 aromatic carbocycles. The van der Waals surface area contributed by atoms with Crippen molar-refractivity contribution < 1.29 is 9.21 Å². The number of rotatable bonds is 5. The number of carbonyl (C=O) groups is 1. The lowest BCUT2D eigenvalue weighted by Gasteiger charge is -2.31. The lowest BCUT2D eigenvalue weighted by molar-refractivity contribution is -0.130. The molecule has 1 amide bonds. The van der Waals surface area contributed by atoms with Crippen LogP contribution in [0.25, 0.3) is 33.6 Å². The fraction of sp³-hybridized carbons (Fsp3) is 0.292. The van der Waals surface area contributed by atoms with Gasteiger partial charge in [-0.2, -0.15) is 5.10 Å². The van der Waals surface area contributed by atoms with Gasteiger partial charge < -0.3 is 20.5 Å². The second-order valence-electron chi connectivity index (χ2n) is 8.28. The van der Waals surface area contributed by atoms with Gasteiger partial charge in [-0.3, -0.25) is 9.48 Å². The van der Waals surface area contributed by atoms with E-state index in [2.05, 4.69) is 15.1 Å². The predicted molar refractivity (Wildman–Crippen MR) is 126 cm³/mol. The van der Waals surface area contributed by atoms with Gasteiger partial charge in [0.15, 0.2) is 17.2 Å². The number of hydrogen-bond donors (Lipinski definition) is 2. The summed E-state index contributed by atoms with van der Waals surface area (Å²) in [6.45, 7) is 3.11. The van der Waals surface area contributed by atoms with Crippen LogP contribution in [-0.2, 0) is 11.2 Å². The molecule has 0 aliphatic carbocycles. The molecular formula is C24H25N7O2. The van der Waals surface area contributed by atoms with Gasteiger partial charge >= 0.3 is 0 Å². The van der Waals surface area contributed by atoms with Crippen molar-refractivity contribution >= 4 is 28.9 Å². The molecule has 9 heteroatoms. The Bertz CT molecular complexity index is 1330. The Labute approximate surface area is 190 Å². The number of nitrogens with two attached hydrogens (primary N) is 1. The van der Waals surface area contributed by atoms with E-state index in [0.29, 0.717) is 29.3 Å². The zero-order chi connectivity index (χ0) is 22.9. The summed E-state index contributed by atoms with van der Waals surface area (Å²) >= 11 is 0. The fourth-order valence-corrected chi connectivity index (χ4v) is 4.36. The van der Waals surface area contributed by atoms with Crippen molar-refractivity contribution in [1.29, 1.82) is 5.41 Å². The average molecular weight is 444 g/mol.